The first-order valence-electron chi connectivity index (χ1n) is 5.15. The summed E-state index contributed by atoms with van der Waals surface area (Å²) < 4.78 is 0. The van der Waals surface area contributed by atoms with Gasteiger partial charge in [0.25, 0.3) is 0 Å². The first-order valence-corrected chi connectivity index (χ1v) is 5.60. The Labute approximate surface area is 99.4 Å². The van der Waals surface area contributed by atoms with Crippen LogP contribution in [0.5, 0.6) is 0 Å². The molecule has 1 heterocycles. The summed E-state index contributed by atoms with van der Waals surface area (Å²) in [6.07, 6.45) is 1.91. The number of carbonyl (C=O) groups excluding carboxylic acids is 1. The average molecular weight is 234 g/mol. The number of carbonyl (C=O) groups is 1. The molecule has 0 saturated carbocycles. The standard InChI is InChI=1S/C12H14N2OS/c1-7(11(13)12(15)16)9-6-14-10-5-3-2-4-8(9)10/h2-7,11,14H,13H2,1H3,(H,15,16). The fraction of sp³-hybridized carbons (Fsp3) is 0.250. The second kappa shape index (κ2) is 4.31. The smallest absolute Gasteiger partial charge is 0.203 e. The average Bonchev–Trinajstić information content (AvgIpc) is 2.70. The number of para-hydroxylation sites is 1. The summed E-state index contributed by atoms with van der Waals surface area (Å²) in [4.78, 5) is 14.3. The zero-order chi connectivity index (χ0) is 11.7. The molecule has 16 heavy (non-hydrogen) atoms. The van der Waals surface area contributed by atoms with Gasteiger partial charge in [0.15, 0.2) is 0 Å². The summed E-state index contributed by atoms with van der Waals surface area (Å²) in [5.74, 6) is -0.0406. The van der Waals surface area contributed by atoms with Crippen molar-refractivity contribution in [1.82, 2.24) is 4.98 Å². The molecular formula is C12H14N2OS. The van der Waals surface area contributed by atoms with Crippen molar-refractivity contribution >= 4 is 28.6 Å². The minimum absolute atomic E-state index is 0.0406. The van der Waals surface area contributed by atoms with E-state index in [9.17, 15) is 4.79 Å². The zero-order valence-corrected chi connectivity index (χ0v) is 9.87. The van der Waals surface area contributed by atoms with Crippen molar-refractivity contribution < 1.29 is 4.79 Å². The van der Waals surface area contributed by atoms with Crippen LogP contribution in [0.15, 0.2) is 30.5 Å². The first kappa shape index (κ1) is 11.2. The lowest BCUT2D eigenvalue weighted by Crippen LogP contribution is -2.32. The number of benzene rings is 1. The Balaban J connectivity index is 2.44. The summed E-state index contributed by atoms with van der Waals surface area (Å²) in [6.45, 7) is 1.94. The Kier molecular flexibility index (Phi) is 3.03. The van der Waals surface area contributed by atoms with E-state index in [-0.39, 0.29) is 11.0 Å². The molecule has 0 bridgehead atoms. The highest BCUT2D eigenvalue weighted by Crippen LogP contribution is 2.27. The topological polar surface area (TPSA) is 58.9 Å². The van der Waals surface area contributed by atoms with Crippen molar-refractivity contribution in [1.29, 1.82) is 0 Å². The van der Waals surface area contributed by atoms with Gasteiger partial charge in [-0.3, -0.25) is 4.79 Å². The Morgan fingerprint density at radius 3 is 2.81 bits per heavy atom. The molecule has 0 aliphatic carbocycles. The number of nitrogens with one attached hydrogen (secondary N) is 1. The van der Waals surface area contributed by atoms with Crippen LogP contribution in [0.25, 0.3) is 10.9 Å². The van der Waals surface area contributed by atoms with Crippen molar-refractivity contribution in [3.8, 4) is 0 Å². The van der Waals surface area contributed by atoms with Crippen LogP contribution in [0.2, 0.25) is 0 Å². The molecule has 4 heteroatoms. The van der Waals surface area contributed by atoms with Crippen molar-refractivity contribution in [2.24, 2.45) is 5.73 Å². The lowest BCUT2D eigenvalue weighted by molar-refractivity contribution is -0.112. The number of hydrogen-bond donors (Lipinski definition) is 3. The summed E-state index contributed by atoms with van der Waals surface area (Å²) in [5, 5.41) is 0.831. The number of fused-ring (bicyclic) bond motifs is 1. The summed E-state index contributed by atoms with van der Waals surface area (Å²) >= 11 is 3.78. The predicted octanol–water partition coefficient (Wildman–Crippen LogP) is 2.06. The fourth-order valence-corrected chi connectivity index (χ4v) is 2.10. The second-order valence-corrected chi connectivity index (χ2v) is 4.38. The van der Waals surface area contributed by atoms with E-state index in [0.29, 0.717) is 0 Å². The van der Waals surface area contributed by atoms with Crippen LogP contribution in [0.3, 0.4) is 0 Å². The SMILES string of the molecule is CC(c1c[nH]c2ccccc12)C(N)C(=O)S. The van der Waals surface area contributed by atoms with Gasteiger partial charge in [-0.05, 0) is 11.6 Å². The highest BCUT2D eigenvalue weighted by atomic mass is 32.1. The number of rotatable bonds is 3. The zero-order valence-electron chi connectivity index (χ0n) is 8.97. The molecule has 0 saturated heterocycles. The maximum atomic E-state index is 11.1. The van der Waals surface area contributed by atoms with Gasteiger partial charge in [-0.2, -0.15) is 0 Å². The number of aromatic amines is 1. The molecule has 0 fully saturated rings. The van der Waals surface area contributed by atoms with E-state index < -0.39 is 6.04 Å². The first-order chi connectivity index (χ1) is 7.61. The molecule has 2 unspecified atom stereocenters. The minimum atomic E-state index is -0.567. The van der Waals surface area contributed by atoms with Crippen molar-refractivity contribution in [3.63, 3.8) is 0 Å². The van der Waals surface area contributed by atoms with E-state index >= 15 is 0 Å². The van der Waals surface area contributed by atoms with E-state index in [0.717, 1.165) is 16.5 Å². The molecule has 0 spiro atoms. The highest BCUT2D eigenvalue weighted by molar-refractivity contribution is 7.96. The van der Waals surface area contributed by atoms with Gasteiger partial charge in [-0.1, -0.05) is 25.1 Å². The quantitative estimate of drug-likeness (QED) is 0.712. The third-order valence-electron chi connectivity index (χ3n) is 2.94. The van der Waals surface area contributed by atoms with Crippen LogP contribution in [0.1, 0.15) is 18.4 Å². The van der Waals surface area contributed by atoms with E-state index in [1.54, 1.807) is 0 Å². The predicted molar refractivity (Wildman–Crippen MR) is 68.7 cm³/mol. The number of aromatic nitrogens is 1. The molecule has 3 nitrogen and oxygen atoms in total. The van der Waals surface area contributed by atoms with E-state index in [1.165, 1.54) is 0 Å². The minimum Gasteiger partial charge on any atom is -0.361 e. The lowest BCUT2D eigenvalue weighted by Gasteiger charge is -2.15. The molecule has 0 aliphatic rings. The normalized spacial score (nSPS) is 14.9. The Morgan fingerprint density at radius 2 is 2.12 bits per heavy atom. The molecule has 2 atom stereocenters. The maximum absolute atomic E-state index is 11.1. The van der Waals surface area contributed by atoms with Crippen molar-refractivity contribution in [2.75, 3.05) is 0 Å². The number of thiol groups is 1. The molecule has 0 aliphatic heterocycles. The van der Waals surface area contributed by atoms with Crippen LogP contribution in [-0.4, -0.2) is 16.1 Å². The Bertz CT molecular complexity index is 520. The third-order valence-corrected chi connectivity index (χ3v) is 3.23. The van der Waals surface area contributed by atoms with E-state index in [4.69, 9.17) is 5.73 Å². The van der Waals surface area contributed by atoms with Crippen LogP contribution >= 0.6 is 12.6 Å². The molecular weight excluding hydrogens is 220 g/mol. The van der Waals surface area contributed by atoms with Gasteiger partial charge in [0.2, 0.25) is 5.12 Å². The number of H-pyrrole nitrogens is 1. The van der Waals surface area contributed by atoms with Gasteiger partial charge in [0, 0.05) is 23.0 Å². The van der Waals surface area contributed by atoms with Crippen molar-refractivity contribution in [2.45, 2.75) is 18.9 Å². The van der Waals surface area contributed by atoms with Gasteiger partial charge in [-0.15, -0.1) is 12.6 Å². The molecule has 1 aromatic heterocycles. The summed E-state index contributed by atoms with van der Waals surface area (Å²) in [6, 6.07) is 7.40. The fourth-order valence-electron chi connectivity index (χ4n) is 1.88. The van der Waals surface area contributed by atoms with Crippen LogP contribution in [-0.2, 0) is 4.79 Å². The number of hydrogen-bond acceptors (Lipinski definition) is 2. The number of nitrogens with two attached hydrogens (primary N) is 1. The summed E-state index contributed by atoms with van der Waals surface area (Å²) in [7, 11) is 0. The van der Waals surface area contributed by atoms with Gasteiger partial charge in [0.05, 0.1) is 6.04 Å². The third kappa shape index (κ3) is 1.86. The van der Waals surface area contributed by atoms with Gasteiger partial charge in [-0.25, -0.2) is 0 Å². The van der Waals surface area contributed by atoms with Crippen LogP contribution in [0.4, 0.5) is 0 Å². The molecule has 0 radical (unpaired) electrons. The van der Waals surface area contributed by atoms with Gasteiger partial charge < -0.3 is 10.7 Å². The molecule has 3 N–H and O–H groups in total. The Morgan fingerprint density at radius 1 is 1.44 bits per heavy atom. The van der Waals surface area contributed by atoms with E-state index in [2.05, 4.69) is 17.6 Å². The van der Waals surface area contributed by atoms with E-state index in [1.807, 2.05) is 37.4 Å². The highest BCUT2D eigenvalue weighted by Gasteiger charge is 2.21. The van der Waals surface area contributed by atoms with Crippen molar-refractivity contribution in [3.05, 3.63) is 36.0 Å². The van der Waals surface area contributed by atoms with Crippen LogP contribution in [0, 0.1) is 0 Å². The maximum Gasteiger partial charge on any atom is 0.203 e. The van der Waals surface area contributed by atoms with Gasteiger partial charge in [0.1, 0.15) is 0 Å². The van der Waals surface area contributed by atoms with Crippen LogP contribution < -0.4 is 5.73 Å². The Hall–Kier alpha value is -1.26. The second-order valence-electron chi connectivity index (χ2n) is 3.94. The lowest BCUT2D eigenvalue weighted by atomic mass is 9.94. The van der Waals surface area contributed by atoms with Gasteiger partial charge >= 0.3 is 0 Å². The molecule has 0 amide bonds. The largest absolute Gasteiger partial charge is 0.361 e. The molecule has 1 aromatic carbocycles. The monoisotopic (exact) mass is 234 g/mol. The molecule has 2 rings (SSSR count). The molecule has 2 aromatic rings. The molecule has 84 valence electrons. The summed E-state index contributed by atoms with van der Waals surface area (Å²) in [5.41, 5.74) is 7.92.